The van der Waals surface area contributed by atoms with Gasteiger partial charge in [-0.05, 0) is 49.1 Å². The van der Waals surface area contributed by atoms with Gasteiger partial charge < -0.3 is 20.7 Å². The predicted molar refractivity (Wildman–Crippen MR) is 107 cm³/mol. The smallest absolute Gasteiger partial charge is 0.262 e. The van der Waals surface area contributed by atoms with Gasteiger partial charge in [0.15, 0.2) is 6.61 Å². The van der Waals surface area contributed by atoms with Crippen LogP contribution in [0, 0.1) is 0 Å². The van der Waals surface area contributed by atoms with Crippen LogP contribution in [0.3, 0.4) is 0 Å². The maximum absolute atomic E-state index is 12.7. The maximum Gasteiger partial charge on any atom is 0.262 e. The molecule has 3 rings (SSSR count). The lowest BCUT2D eigenvalue weighted by Crippen LogP contribution is -2.32. The van der Waals surface area contributed by atoms with Crippen LogP contribution in [0.25, 0.3) is 0 Å². The lowest BCUT2D eigenvalue weighted by molar-refractivity contribution is -0.118. The van der Waals surface area contributed by atoms with Crippen LogP contribution in [0.1, 0.15) is 38.7 Å². The molecular weight excluding hydrogens is 342 g/mol. The second kappa shape index (κ2) is 8.12. The summed E-state index contributed by atoms with van der Waals surface area (Å²) in [6, 6.07) is 12.8. The van der Waals surface area contributed by atoms with Gasteiger partial charge in [-0.2, -0.15) is 0 Å². The Morgan fingerprint density at radius 1 is 1.22 bits per heavy atom. The Morgan fingerprint density at radius 3 is 2.78 bits per heavy atom. The second-order valence-corrected chi connectivity index (χ2v) is 6.80. The molecular formula is C21H25N3O3. The van der Waals surface area contributed by atoms with Gasteiger partial charge in [0.2, 0.25) is 5.91 Å². The molecule has 1 heterocycles. The lowest BCUT2D eigenvalue weighted by atomic mass is 9.97. The van der Waals surface area contributed by atoms with E-state index in [2.05, 4.69) is 29.8 Å². The van der Waals surface area contributed by atoms with E-state index in [0.717, 1.165) is 23.4 Å². The van der Waals surface area contributed by atoms with Crippen LogP contribution < -0.4 is 20.7 Å². The zero-order chi connectivity index (χ0) is 19.4. The summed E-state index contributed by atoms with van der Waals surface area (Å²) in [5, 5.41) is 8.95. The van der Waals surface area contributed by atoms with Crippen molar-refractivity contribution in [1.29, 1.82) is 0 Å². The molecule has 142 valence electrons. The number of benzene rings is 2. The van der Waals surface area contributed by atoms with Gasteiger partial charge in [-0.3, -0.25) is 9.59 Å². The molecule has 0 aromatic heterocycles. The molecule has 6 nitrogen and oxygen atoms in total. The van der Waals surface area contributed by atoms with Crippen molar-refractivity contribution in [3.63, 3.8) is 0 Å². The van der Waals surface area contributed by atoms with E-state index in [1.807, 2.05) is 30.3 Å². The summed E-state index contributed by atoms with van der Waals surface area (Å²) >= 11 is 0. The van der Waals surface area contributed by atoms with Crippen LogP contribution in [-0.4, -0.2) is 24.5 Å². The number of nitrogens with one attached hydrogen (secondary N) is 3. The van der Waals surface area contributed by atoms with Gasteiger partial charge in [-0.15, -0.1) is 0 Å². The molecule has 0 radical (unpaired) electrons. The number of para-hydroxylation sites is 1. The van der Waals surface area contributed by atoms with Crippen LogP contribution >= 0.6 is 0 Å². The topological polar surface area (TPSA) is 79.5 Å². The number of fused-ring (bicyclic) bond motifs is 1. The average molecular weight is 367 g/mol. The van der Waals surface area contributed by atoms with E-state index in [9.17, 15) is 9.59 Å². The molecule has 2 amide bonds. The fourth-order valence-electron chi connectivity index (χ4n) is 2.99. The minimum Gasteiger partial charge on any atom is -0.482 e. The molecule has 6 heteroatoms. The van der Waals surface area contributed by atoms with Crippen molar-refractivity contribution < 1.29 is 14.3 Å². The first kappa shape index (κ1) is 18.8. The Kier molecular flexibility index (Phi) is 5.64. The number of anilines is 3. The first-order chi connectivity index (χ1) is 13.0. The van der Waals surface area contributed by atoms with Crippen LogP contribution in [0.2, 0.25) is 0 Å². The number of carbonyl (C=O) groups is 2. The lowest BCUT2D eigenvalue weighted by Gasteiger charge is -2.21. The molecule has 0 aliphatic carbocycles. The highest BCUT2D eigenvalue weighted by Crippen LogP contribution is 2.31. The van der Waals surface area contributed by atoms with E-state index in [-0.39, 0.29) is 18.4 Å². The van der Waals surface area contributed by atoms with E-state index >= 15 is 0 Å². The van der Waals surface area contributed by atoms with E-state index in [1.165, 1.54) is 0 Å². The minimum absolute atomic E-state index is 0.0220. The molecule has 0 unspecified atom stereocenters. The normalized spacial score (nSPS) is 15.0. The van der Waals surface area contributed by atoms with Crippen molar-refractivity contribution in [1.82, 2.24) is 0 Å². The van der Waals surface area contributed by atoms with E-state index in [0.29, 0.717) is 17.4 Å². The highest BCUT2D eigenvalue weighted by molar-refractivity contribution is 5.98. The Morgan fingerprint density at radius 2 is 2.00 bits per heavy atom. The monoisotopic (exact) mass is 367 g/mol. The van der Waals surface area contributed by atoms with Gasteiger partial charge in [0.05, 0.1) is 5.69 Å². The molecule has 3 N–H and O–H groups in total. The van der Waals surface area contributed by atoms with Crippen molar-refractivity contribution in [3.8, 4) is 5.75 Å². The molecule has 0 spiro atoms. The number of carbonyl (C=O) groups excluding carboxylic acids is 2. The first-order valence-electron chi connectivity index (χ1n) is 9.21. The summed E-state index contributed by atoms with van der Waals surface area (Å²) in [4.78, 5) is 24.1. The largest absolute Gasteiger partial charge is 0.482 e. The third-order valence-electron chi connectivity index (χ3n) is 4.75. The van der Waals surface area contributed by atoms with Crippen LogP contribution in [0.15, 0.2) is 42.5 Å². The van der Waals surface area contributed by atoms with Gasteiger partial charge in [-0.25, -0.2) is 0 Å². The second-order valence-electron chi connectivity index (χ2n) is 6.80. The first-order valence-corrected chi connectivity index (χ1v) is 9.21. The molecule has 1 aliphatic heterocycles. The highest BCUT2D eigenvalue weighted by atomic mass is 16.5. The number of rotatable bonds is 6. The minimum atomic E-state index is -0.451. The van der Waals surface area contributed by atoms with Crippen LogP contribution in [-0.2, 0) is 9.59 Å². The Balaban J connectivity index is 1.68. The fraction of sp³-hybridized carbons (Fsp3) is 0.333. The van der Waals surface area contributed by atoms with Gasteiger partial charge in [0.25, 0.3) is 5.91 Å². The SMILES string of the molecule is CC[C@H](C)c1ccccc1NC(=O)[C@@H](C)Nc1ccc2c(c1)NC(=O)CO2. The quantitative estimate of drug-likeness (QED) is 0.722. The predicted octanol–water partition coefficient (Wildman–Crippen LogP) is 3.97. The Labute approximate surface area is 159 Å². The van der Waals surface area contributed by atoms with Crippen LogP contribution in [0.5, 0.6) is 5.75 Å². The summed E-state index contributed by atoms with van der Waals surface area (Å²) in [6.07, 6.45) is 1.00. The Hall–Kier alpha value is -3.02. The van der Waals surface area contributed by atoms with Crippen LogP contribution in [0.4, 0.5) is 17.1 Å². The fourth-order valence-corrected chi connectivity index (χ4v) is 2.99. The summed E-state index contributed by atoms with van der Waals surface area (Å²) in [6.45, 7) is 6.10. The summed E-state index contributed by atoms with van der Waals surface area (Å²) in [5.74, 6) is 0.685. The third-order valence-corrected chi connectivity index (χ3v) is 4.75. The third kappa shape index (κ3) is 4.39. The van der Waals surface area contributed by atoms with Gasteiger partial charge in [0, 0.05) is 11.4 Å². The molecule has 0 fully saturated rings. The molecule has 27 heavy (non-hydrogen) atoms. The Bertz CT molecular complexity index is 850. The van der Waals surface area contributed by atoms with Gasteiger partial charge in [0.1, 0.15) is 11.8 Å². The molecule has 0 saturated carbocycles. The average Bonchev–Trinajstić information content (AvgIpc) is 2.67. The van der Waals surface area contributed by atoms with Crippen molar-refractivity contribution in [2.45, 2.75) is 39.2 Å². The number of ether oxygens (including phenoxy) is 1. The summed E-state index contributed by atoms with van der Waals surface area (Å²) < 4.78 is 5.35. The van der Waals surface area contributed by atoms with Crippen molar-refractivity contribution >= 4 is 28.9 Å². The van der Waals surface area contributed by atoms with Crippen molar-refractivity contribution in [3.05, 3.63) is 48.0 Å². The standard InChI is InChI=1S/C21H25N3O3/c1-4-13(2)16-7-5-6-8-17(16)24-21(26)14(3)22-15-9-10-19-18(11-15)23-20(25)12-27-19/h5-11,13-14,22H,4,12H2,1-3H3,(H,23,25)(H,24,26)/t13-,14+/m0/s1. The number of amides is 2. The molecule has 1 aliphatic rings. The summed E-state index contributed by atoms with van der Waals surface area (Å²) in [7, 11) is 0. The van der Waals surface area contributed by atoms with E-state index in [4.69, 9.17) is 4.74 Å². The molecule has 2 aromatic rings. The van der Waals surface area contributed by atoms with Crippen molar-refractivity contribution in [2.75, 3.05) is 22.6 Å². The highest BCUT2D eigenvalue weighted by Gasteiger charge is 2.19. The zero-order valence-corrected chi connectivity index (χ0v) is 15.8. The number of hydrogen-bond donors (Lipinski definition) is 3. The molecule has 2 aromatic carbocycles. The van der Waals surface area contributed by atoms with Crippen molar-refractivity contribution in [2.24, 2.45) is 0 Å². The summed E-state index contributed by atoms with van der Waals surface area (Å²) in [5.41, 5.74) is 3.31. The van der Waals surface area contributed by atoms with Gasteiger partial charge in [-0.1, -0.05) is 32.0 Å². The number of hydrogen-bond acceptors (Lipinski definition) is 4. The molecule has 0 saturated heterocycles. The van der Waals surface area contributed by atoms with E-state index in [1.54, 1.807) is 19.1 Å². The van der Waals surface area contributed by atoms with E-state index < -0.39 is 6.04 Å². The molecule has 2 atom stereocenters. The maximum atomic E-state index is 12.7. The van der Waals surface area contributed by atoms with Gasteiger partial charge >= 0.3 is 0 Å². The zero-order valence-electron chi connectivity index (χ0n) is 15.8. The molecule has 0 bridgehead atoms.